The second kappa shape index (κ2) is 19.0. The van der Waals surface area contributed by atoms with Gasteiger partial charge in [0.05, 0.1) is 11.4 Å². The summed E-state index contributed by atoms with van der Waals surface area (Å²) in [6, 6.07) is 16.0. The predicted octanol–water partition coefficient (Wildman–Crippen LogP) is 7.88. The molecule has 0 amide bonds. The minimum absolute atomic E-state index is 0. The van der Waals surface area contributed by atoms with Crippen LogP contribution >= 0.6 is 0 Å². The number of hydrogen-bond donors (Lipinski definition) is 2. The minimum Gasteiger partial charge on any atom is -0.550 e. The van der Waals surface area contributed by atoms with Crippen molar-refractivity contribution < 1.29 is 46.8 Å². The summed E-state index contributed by atoms with van der Waals surface area (Å²) in [5.74, 6) is -1.64. The zero-order valence-electron chi connectivity index (χ0n) is 32.9. The maximum Gasteiger partial charge on any atom is 2.00 e. The molecule has 51 heavy (non-hydrogen) atoms. The molecular formula is C42H58CoN2O6. The molecule has 0 saturated carbocycles. The van der Waals surface area contributed by atoms with E-state index in [1.807, 2.05) is 36.4 Å². The van der Waals surface area contributed by atoms with Gasteiger partial charge >= 0.3 is 16.8 Å². The van der Waals surface area contributed by atoms with Crippen LogP contribution in [0.2, 0.25) is 0 Å². The maximum absolute atomic E-state index is 11.2. The molecule has 1 radical (unpaired) electrons. The Bertz CT molecular complexity index is 1550. The molecule has 0 unspecified atom stereocenters. The Hall–Kier alpha value is -3.95. The maximum atomic E-state index is 11.2. The topological polar surface area (TPSA) is 145 Å². The van der Waals surface area contributed by atoms with E-state index in [0.717, 1.165) is 37.8 Å². The smallest absolute Gasteiger partial charge is 0.550 e. The Morgan fingerprint density at radius 2 is 0.882 bits per heavy atom. The molecule has 0 aliphatic heterocycles. The van der Waals surface area contributed by atoms with Gasteiger partial charge < -0.3 is 30.0 Å². The number of carboxylic acid groups (broad SMARTS) is 2. The zero-order valence-corrected chi connectivity index (χ0v) is 34.0. The number of rotatable bonds is 6. The number of benzene rings is 3. The molecule has 0 fully saturated rings. The normalized spacial score (nSPS) is 12.0. The van der Waals surface area contributed by atoms with Crippen LogP contribution in [0, 0.1) is 10.8 Å². The standard InChI is InChI=1S/C38H52N2O2.2C2H4O2.Co/c1-35(2,3)21-25-17-27(33(41)29(19-25)37(7,8)9)23-39-31-15-13-14-16-32(31)40-24-28-18-26(22-36(4,5)6)20-30(34(28)42)38(10,11)12;2*1-2(3)4;/h13-20,23-24,41-42H,21-22H2,1-12H3;2*1H3,(H,3,4);/q;;;+2/p-2. The molecular weight excluding hydrogens is 687 g/mol. The fourth-order valence-corrected chi connectivity index (χ4v) is 5.17. The van der Waals surface area contributed by atoms with Crippen molar-refractivity contribution in [3.63, 3.8) is 0 Å². The Labute approximate surface area is 316 Å². The van der Waals surface area contributed by atoms with Crippen LogP contribution in [-0.2, 0) is 50.0 Å². The molecule has 2 N–H and O–H groups in total. The number of aromatic hydroxyl groups is 2. The first-order valence-corrected chi connectivity index (χ1v) is 16.9. The van der Waals surface area contributed by atoms with E-state index in [4.69, 9.17) is 29.8 Å². The third kappa shape index (κ3) is 17.7. The molecule has 3 rings (SSSR count). The van der Waals surface area contributed by atoms with Gasteiger partial charge in [-0.1, -0.05) is 107 Å². The number of carboxylic acids is 2. The predicted molar refractivity (Wildman–Crippen MR) is 202 cm³/mol. The molecule has 0 spiro atoms. The SMILES string of the molecule is CC(=O)[O-].CC(=O)[O-].CC(C)(C)Cc1cc(C=Nc2ccccc2N=Cc2cc(CC(C)(C)C)cc(C(C)(C)C)c2O)c(O)c(C(C)(C)C)c1.[Co+2]. The van der Waals surface area contributed by atoms with Crippen LogP contribution in [0.5, 0.6) is 11.5 Å². The number of aliphatic imine (C=N–C) groups is 2. The number of aliphatic carboxylic acids is 2. The van der Waals surface area contributed by atoms with Gasteiger partial charge in [0.2, 0.25) is 0 Å². The third-order valence-electron chi connectivity index (χ3n) is 7.05. The van der Waals surface area contributed by atoms with Crippen molar-refractivity contribution >= 4 is 35.7 Å². The van der Waals surface area contributed by atoms with E-state index in [1.165, 1.54) is 11.1 Å². The van der Waals surface area contributed by atoms with Crippen LogP contribution in [0.15, 0.2) is 58.5 Å². The number of hydrogen-bond acceptors (Lipinski definition) is 8. The molecule has 3 aromatic rings. The average molecular weight is 746 g/mol. The molecule has 0 atom stereocenters. The second-order valence-corrected chi connectivity index (χ2v) is 17.1. The Kier molecular flexibility index (Phi) is 17.6. The minimum atomic E-state index is -1.08. The van der Waals surface area contributed by atoms with Gasteiger partial charge in [0.15, 0.2) is 0 Å². The van der Waals surface area contributed by atoms with Crippen LogP contribution in [-0.4, -0.2) is 34.6 Å². The Morgan fingerprint density at radius 3 is 1.12 bits per heavy atom. The number of phenols is 2. The van der Waals surface area contributed by atoms with Gasteiger partial charge in [-0.25, -0.2) is 0 Å². The Morgan fingerprint density at radius 1 is 0.608 bits per heavy atom. The van der Waals surface area contributed by atoms with E-state index >= 15 is 0 Å². The van der Waals surface area contributed by atoms with E-state index in [-0.39, 0.29) is 49.9 Å². The summed E-state index contributed by atoms with van der Waals surface area (Å²) >= 11 is 0. The van der Waals surface area contributed by atoms with E-state index < -0.39 is 11.9 Å². The van der Waals surface area contributed by atoms with Crippen LogP contribution in [0.1, 0.15) is 130 Å². The van der Waals surface area contributed by atoms with Gasteiger partial charge in [0.1, 0.15) is 11.5 Å². The van der Waals surface area contributed by atoms with E-state index in [1.54, 1.807) is 12.4 Å². The molecule has 0 heterocycles. The summed E-state index contributed by atoms with van der Waals surface area (Å²) in [4.78, 5) is 27.4. The van der Waals surface area contributed by atoms with Gasteiger partial charge in [-0.15, -0.1) is 0 Å². The number of carbonyl (C=O) groups excluding carboxylic acids is 2. The number of nitrogens with zero attached hydrogens (tertiary/aromatic N) is 2. The fraction of sp³-hybridized carbons (Fsp3) is 0.476. The molecule has 0 bridgehead atoms. The molecule has 0 aliphatic rings. The van der Waals surface area contributed by atoms with Crippen molar-refractivity contribution in [3.05, 3.63) is 81.9 Å². The molecule has 0 saturated heterocycles. The number of carbonyl (C=O) groups is 2. The second-order valence-electron chi connectivity index (χ2n) is 17.1. The van der Waals surface area contributed by atoms with Crippen molar-refractivity contribution in [2.45, 2.75) is 121 Å². The first-order valence-electron chi connectivity index (χ1n) is 16.9. The zero-order chi connectivity index (χ0) is 38.8. The molecule has 9 heteroatoms. The first-order chi connectivity index (χ1) is 22.6. The summed E-state index contributed by atoms with van der Waals surface area (Å²) in [5, 5.41) is 40.2. The summed E-state index contributed by atoms with van der Waals surface area (Å²) in [6.45, 7) is 28.0. The van der Waals surface area contributed by atoms with Crippen molar-refractivity contribution in [2.75, 3.05) is 0 Å². The fourth-order valence-electron chi connectivity index (χ4n) is 5.17. The number of phenolic OH excluding ortho intramolecular Hbond substituents is 2. The summed E-state index contributed by atoms with van der Waals surface area (Å²) in [7, 11) is 0. The van der Waals surface area contributed by atoms with Crippen molar-refractivity contribution in [1.82, 2.24) is 0 Å². The van der Waals surface area contributed by atoms with Crippen molar-refractivity contribution in [3.8, 4) is 11.5 Å². The third-order valence-corrected chi connectivity index (χ3v) is 7.05. The molecule has 0 aliphatic carbocycles. The summed E-state index contributed by atoms with van der Waals surface area (Å²) in [5.41, 5.74) is 6.77. The van der Waals surface area contributed by atoms with E-state index in [0.29, 0.717) is 22.5 Å². The van der Waals surface area contributed by atoms with Crippen LogP contribution < -0.4 is 10.2 Å². The molecule has 3 aromatic carbocycles. The number of para-hydroxylation sites is 2. The van der Waals surface area contributed by atoms with Crippen LogP contribution in [0.3, 0.4) is 0 Å². The molecule has 281 valence electrons. The van der Waals surface area contributed by atoms with Gasteiger partial charge in [-0.3, -0.25) is 9.98 Å². The molecule has 0 aromatic heterocycles. The van der Waals surface area contributed by atoms with Crippen molar-refractivity contribution in [1.29, 1.82) is 0 Å². The monoisotopic (exact) mass is 745 g/mol. The van der Waals surface area contributed by atoms with Crippen LogP contribution in [0.4, 0.5) is 11.4 Å². The van der Waals surface area contributed by atoms with Gasteiger partial charge in [0, 0.05) is 46.6 Å². The average Bonchev–Trinajstić information content (AvgIpc) is 2.90. The van der Waals surface area contributed by atoms with Crippen molar-refractivity contribution in [2.24, 2.45) is 20.8 Å². The van der Waals surface area contributed by atoms with Crippen LogP contribution in [0.25, 0.3) is 0 Å². The summed E-state index contributed by atoms with van der Waals surface area (Å²) in [6.07, 6.45) is 5.27. The van der Waals surface area contributed by atoms with E-state index in [2.05, 4.69) is 95.2 Å². The molecule has 8 nitrogen and oxygen atoms in total. The Balaban J connectivity index is 0.00000251. The van der Waals surface area contributed by atoms with Gasteiger partial charge in [0.25, 0.3) is 0 Å². The quantitative estimate of drug-likeness (QED) is 0.246. The van der Waals surface area contributed by atoms with E-state index in [9.17, 15) is 10.2 Å². The first kappa shape index (κ1) is 47.0. The van der Waals surface area contributed by atoms with Gasteiger partial charge in [-0.2, -0.15) is 0 Å². The summed E-state index contributed by atoms with van der Waals surface area (Å²) < 4.78 is 0. The largest absolute Gasteiger partial charge is 2.00 e. The van der Waals surface area contributed by atoms with Gasteiger partial charge in [-0.05, 0) is 83.7 Å².